The van der Waals surface area contributed by atoms with Crippen molar-refractivity contribution < 1.29 is 18.0 Å². The first kappa shape index (κ1) is 11.3. The fourth-order valence-electron chi connectivity index (χ4n) is 1.68. The maximum absolute atomic E-state index is 12.2. The van der Waals surface area contributed by atoms with E-state index in [2.05, 4.69) is 5.32 Å². The molecule has 3 nitrogen and oxygen atoms in total. The van der Waals surface area contributed by atoms with Gasteiger partial charge in [0.15, 0.2) is 0 Å². The van der Waals surface area contributed by atoms with Gasteiger partial charge in [0.1, 0.15) is 0 Å². The van der Waals surface area contributed by atoms with Crippen LogP contribution in [0, 0.1) is 0 Å². The zero-order valence-electron chi connectivity index (χ0n) is 8.06. The molecule has 6 heteroatoms. The van der Waals surface area contributed by atoms with Crippen molar-refractivity contribution in [3.63, 3.8) is 0 Å². The van der Waals surface area contributed by atoms with Crippen molar-refractivity contribution in [1.29, 1.82) is 0 Å². The lowest BCUT2D eigenvalue weighted by molar-refractivity contribution is -0.190. The van der Waals surface area contributed by atoms with E-state index in [-0.39, 0.29) is 0 Å². The second kappa shape index (κ2) is 3.76. The number of nitrogens with zero attached hydrogens (tertiary/aromatic N) is 1. The largest absolute Gasteiger partial charge is 0.471 e. The third-order valence-corrected chi connectivity index (χ3v) is 2.31. The Morgan fingerprint density at radius 1 is 1.29 bits per heavy atom. The van der Waals surface area contributed by atoms with Crippen LogP contribution >= 0.6 is 0 Å². The summed E-state index contributed by atoms with van der Waals surface area (Å²) in [6.45, 7) is 4.02. The Morgan fingerprint density at radius 2 is 1.71 bits per heavy atom. The van der Waals surface area contributed by atoms with Crippen molar-refractivity contribution in [2.45, 2.75) is 32.1 Å². The molecule has 0 unspecified atom stereocenters. The van der Waals surface area contributed by atoms with Gasteiger partial charge in [-0.3, -0.25) is 4.79 Å². The van der Waals surface area contributed by atoms with Gasteiger partial charge >= 0.3 is 12.1 Å². The van der Waals surface area contributed by atoms with Crippen LogP contribution in [-0.2, 0) is 4.79 Å². The molecule has 14 heavy (non-hydrogen) atoms. The van der Waals surface area contributed by atoms with Crippen LogP contribution in [0.25, 0.3) is 0 Å². The summed E-state index contributed by atoms with van der Waals surface area (Å²) < 4.78 is 36.5. The van der Waals surface area contributed by atoms with E-state index in [1.807, 2.05) is 0 Å². The van der Waals surface area contributed by atoms with Crippen LogP contribution in [0.5, 0.6) is 0 Å². The van der Waals surface area contributed by atoms with E-state index in [0.717, 1.165) is 4.90 Å². The van der Waals surface area contributed by atoms with Crippen LogP contribution in [-0.4, -0.2) is 42.2 Å². The van der Waals surface area contributed by atoms with Crippen LogP contribution in [0.4, 0.5) is 13.2 Å². The molecule has 0 aliphatic carbocycles. The minimum Gasteiger partial charge on any atom is -0.327 e. The third-order valence-electron chi connectivity index (χ3n) is 2.31. The smallest absolute Gasteiger partial charge is 0.327 e. The van der Waals surface area contributed by atoms with Crippen molar-refractivity contribution in [2.24, 2.45) is 0 Å². The van der Waals surface area contributed by atoms with Gasteiger partial charge < -0.3 is 10.2 Å². The van der Waals surface area contributed by atoms with Crippen LogP contribution in [0.3, 0.4) is 0 Å². The van der Waals surface area contributed by atoms with Crippen molar-refractivity contribution in [2.75, 3.05) is 13.1 Å². The topological polar surface area (TPSA) is 32.3 Å². The monoisotopic (exact) mass is 210 g/mol. The number of carbonyl (C=O) groups excluding carboxylic acids is 1. The van der Waals surface area contributed by atoms with E-state index < -0.39 is 24.2 Å². The van der Waals surface area contributed by atoms with Gasteiger partial charge in [0.05, 0.1) is 0 Å². The fourth-order valence-corrected chi connectivity index (χ4v) is 1.68. The standard InChI is InChI=1S/C8H13F3N2O/c1-5-3-12-4-6(2)13(5)7(14)8(9,10)11/h5-6,12H,3-4H2,1-2H3/t5-,6-/m1/s1. The van der Waals surface area contributed by atoms with E-state index in [1.165, 1.54) is 0 Å². The molecule has 1 fully saturated rings. The first-order chi connectivity index (χ1) is 6.34. The molecule has 2 atom stereocenters. The van der Waals surface area contributed by atoms with E-state index in [0.29, 0.717) is 13.1 Å². The first-order valence-corrected chi connectivity index (χ1v) is 4.44. The summed E-state index contributed by atoms with van der Waals surface area (Å²) in [5.41, 5.74) is 0. The molecule has 1 aliphatic heterocycles. The molecule has 1 N–H and O–H groups in total. The number of halogens is 3. The highest BCUT2D eigenvalue weighted by Crippen LogP contribution is 2.22. The van der Waals surface area contributed by atoms with Crippen LogP contribution in [0.2, 0.25) is 0 Å². The summed E-state index contributed by atoms with van der Waals surface area (Å²) in [5.74, 6) is -1.74. The lowest BCUT2D eigenvalue weighted by Crippen LogP contribution is -2.60. The Kier molecular flexibility index (Phi) is 3.04. The average molecular weight is 210 g/mol. The molecule has 0 saturated carbocycles. The van der Waals surface area contributed by atoms with E-state index in [4.69, 9.17) is 0 Å². The highest BCUT2D eigenvalue weighted by atomic mass is 19.4. The van der Waals surface area contributed by atoms with Crippen LogP contribution in [0.1, 0.15) is 13.8 Å². The Hall–Kier alpha value is -0.780. The summed E-state index contributed by atoms with van der Waals surface area (Å²) in [6, 6.07) is -0.819. The lowest BCUT2D eigenvalue weighted by atomic mass is 10.1. The number of nitrogens with one attached hydrogen (secondary N) is 1. The molecule has 1 rings (SSSR count). The van der Waals surface area contributed by atoms with Crippen molar-refractivity contribution >= 4 is 5.91 Å². The highest BCUT2D eigenvalue weighted by molar-refractivity contribution is 5.82. The minimum absolute atomic E-state index is 0.409. The maximum Gasteiger partial charge on any atom is 0.471 e. The van der Waals surface area contributed by atoms with Gasteiger partial charge in [0.25, 0.3) is 0 Å². The predicted molar refractivity (Wildman–Crippen MR) is 44.7 cm³/mol. The van der Waals surface area contributed by atoms with E-state index in [9.17, 15) is 18.0 Å². The zero-order chi connectivity index (χ0) is 10.9. The number of hydrogen-bond donors (Lipinski definition) is 1. The van der Waals surface area contributed by atoms with Gasteiger partial charge in [0.2, 0.25) is 0 Å². The maximum atomic E-state index is 12.2. The molecule has 0 bridgehead atoms. The number of piperazine rings is 1. The fraction of sp³-hybridized carbons (Fsp3) is 0.875. The molecule has 1 saturated heterocycles. The third kappa shape index (κ3) is 2.17. The molecule has 0 radical (unpaired) electrons. The molecule has 1 heterocycles. The Labute approximate surface area is 80.3 Å². The number of hydrogen-bond acceptors (Lipinski definition) is 2. The van der Waals surface area contributed by atoms with Gasteiger partial charge in [-0.2, -0.15) is 13.2 Å². The molecule has 0 aromatic carbocycles. The Balaban J connectivity index is 2.78. The van der Waals surface area contributed by atoms with Gasteiger partial charge in [-0.1, -0.05) is 0 Å². The second-order valence-corrected chi connectivity index (χ2v) is 3.57. The molecule has 0 aromatic rings. The highest BCUT2D eigenvalue weighted by Gasteiger charge is 2.46. The predicted octanol–water partition coefficient (Wildman–Crippen LogP) is 0.758. The van der Waals surface area contributed by atoms with Gasteiger partial charge in [-0.25, -0.2) is 0 Å². The van der Waals surface area contributed by atoms with Crippen LogP contribution < -0.4 is 5.32 Å². The number of rotatable bonds is 0. The molecule has 0 aromatic heterocycles. The number of carbonyl (C=O) groups is 1. The van der Waals surface area contributed by atoms with Crippen molar-refractivity contribution in [1.82, 2.24) is 10.2 Å². The van der Waals surface area contributed by atoms with Gasteiger partial charge in [0, 0.05) is 25.2 Å². The van der Waals surface area contributed by atoms with Gasteiger partial charge in [-0.15, -0.1) is 0 Å². The summed E-state index contributed by atoms with van der Waals surface area (Å²) in [7, 11) is 0. The van der Waals surface area contributed by atoms with E-state index in [1.54, 1.807) is 13.8 Å². The summed E-state index contributed by atoms with van der Waals surface area (Å²) in [4.78, 5) is 11.9. The lowest BCUT2D eigenvalue weighted by Gasteiger charge is -2.39. The quantitative estimate of drug-likeness (QED) is 0.640. The van der Waals surface area contributed by atoms with Crippen LogP contribution in [0.15, 0.2) is 0 Å². The Bertz CT molecular complexity index is 219. The Morgan fingerprint density at radius 3 is 2.07 bits per heavy atom. The SMILES string of the molecule is C[C@@H]1CNC[C@@H](C)N1C(=O)C(F)(F)F. The van der Waals surface area contributed by atoms with Gasteiger partial charge in [-0.05, 0) is 13.8 Å². The second-order valence-electron chi connectivity index (χ2n) is 3.57. The molecule has 1 amide bonds. The zero-order valence-corrected chi connectivity index (χ0v) is 8.06. The summed E-state index contributed by atoms with van der Waals surface area (Å²) in [6.07, 6.45) is -4.76. The average Bonchev–Trinajstić information content (AvgIpc) is 2.01. The van der Waals surface area contributed by atoms with E-state index >= 15 is 0 Å². The number of amides is 1. The molecular formula is C8H13F3N2O. The number of alkyl halides is 3. The summed E-state index contributed by atoms with van der Waals surface area (Å²) >= 11 is 0. The minimum atomic E-state index is -4.76. The summed E-state index contributed by atoms with van der Waals surface area (Å²) in [5, 5.41) is 2.96. The molecule has 82 valence electrons. The van der Waals surface area contributed by atoms with Crippen molar-refractivity contribution in [3.05, 3.63) is 0 Å². The van der Waals surface area contributed by atoms with Crippen molar-refractivity contribution in [3.8, 4) is 0 Å². The molecular weight excluding hydrogens is 197 g/mol. The first-order valence-electron chi connectivity index (χ1n) is 4.44. The molecule has 1 aliphatic rings. The normalized spacial score (nSPS) is 29.1. The molecule has 0 spiro atoms.